The van der Waals surface area contributed by atoms with Gasteiger partial charge in [0.15, 0.2) is 0 Å². The van der Waals surface area contributed by atoms with Gasteiger partial charge in [0.2, 0.25) is 0 Å². The number of aromatic nitrogens is 3. The maximum atomic E-state index is 6.17. The van der Waals surface area contributed by atoms with Crippen molar-refractivity contribution < 1.29 is 4.74 Å². The molecule has 2 aromatic rings. The van der Waals surface area contributed by atoms with Gasteiger partial charge in [-0.15, -0.1) is 0 Å². The number of fused-ring (bicyclic) bond motifs is 1. The predicted molar refractivity (Wildman–Crippen MR) is 81.7 cm³/mol. The quantitative estimate of drug-likeness (QED) is 0.474. The third-order valence-corrected chi connectivity index (χ3v) is 5.13. The summed E-state index contributed by atoms with van der Waals surface area (Å²) >= 11 is 12.2. The molecule has 7 heteroatoms. The first-order valence-corrected chi connectivity index (χ1v) is 10.6. The van der Waals surface area contributed by atoms with Crippen LogP contribution in [0.1, 0.15) is 0 Å². The van der Waals surface area contributed by atoms with Crippen molar-refractivity contribution in [2.75, 3.05) is 6.61 Å². The minimum absolute atomic E-state index is 0.389. The molecule has 0 saturated heterocycles. The summed E-state index contributed by atoms with van der Waals surface area (Å²) in [4.78, 5) is 8.14. The first-order chi connectivity index (χ1) is 8.88. The second-order valence-corrected chi connectivity index (χ2v) is 12.0. The number of ether oxygens (including phenoxy) is 1. The second-order valence-electron chi connectivity index (χ2n) is 5.64. The van der Waals surface area contributed by atoms with E-state index in [0.717, 1.165) is 18.0 Å². The van der Waals surface area contributed by atoms with Crippen LogP contribution in [0.5, 0.6) is 0 Å². The van der Waals surface area contributed by atoms with Gasteiger partial charge in [0, 0.05) is 14.7 Å². The van der Waals surface area contributed by atoms with Crippen LogP contribution in [0.25, 0.3) is 11.0 Å². The molecule has 2 heterocycles. The van der Waals surface area contributed by atoms with Crippen LogP contribution in [-0.2, 0) is 11.5 Å². The Hall–Kier alpha value is -0.623. The van der Waals surface area contributed by atoms with Gasteiger partial charge in [0.1, 0.15) is 29.0 Å². The van der Waals surface area contributed by atoms with E-state index in [1.807, 2.05) is 0 Å². The molecule has 0 saturated carbocycles. The number of halogens is 2. The van der Waals surface area contributed by atoms with Gasteiger partial charge in [0.25, 0.3) is 0 Å². The lowest BCUT2D eigenvalue weighted by Gasteiger charge is -2.15. The van der Waals surface area contributed by atoms with E-state index >= 15 is 0 Å². The van der Waals surface area contributed by atoms with Crippen molar-refractivity contribution in [3.8, 4) is 0 Å². The van der Waals surface area contributed by atoms with Crippen molar-refractivity contribution >= 4 is 42.3 Å². The fraction of sp³-hybridized carbons (Fsp3) is 0.500. The maximum absolute atomic E-state index is 6.17. The van der Waals surface area contributed by atoms with Gasteiger partial charge in [-0.2, -0.15) is 0 Å². The van der Waals surface area contributed by atoms with Crippen molar-refractivity contribution in [3.63, 3.8) is 0 Å². The van der Waals surface area contributed by atoms with Gasteiger partial charge in [0.05, 0.1) is 5.39 Å². The van der Waals surface area contributed by atoms with E-state index in [-0.39, 0.29) is 0 Å². The number of rotatable bonds is 5. The van der Waals surface area contributed by atoms with Crippen LogP contribution >= 0.6 is 23.2 Å². The molecule has 4 nitrogen and oxygen atoms in total. The molecule has 0 aliphatic heterocycles. The normalized spacial score (nSPS) is 12.3. The summed E-state index contributed by atoms with van der Waals surface area (Å²) < 4.78 is 7.49. The molecule has 104 valence electrons. The third-order valence-electron chi connectivity index (χ3n) is 2.81. The third kappa shape index (κ3) is 3.69. The number of hydrogen-bond donors (Lipinski definition) is 0. The molecule has 0 atom stereocenters. The molecular formula is C12H17Cl2N3OSi. The van der Waals surface area contributed by atoms with Crippen molar-refractivity contribution in [1.29, 1.82) is 0 Å². The van der Waals surface area contributed by atoms with Gasteiger partial charge >= 0.3 is 0 Å². The SMILES string of the molecule is C[Si](C)(C)CCOCn1c(Cl)cc2c(Cl)ncnc21. The zero-order valence-electron chi connectivity index (χ0n) is 11.3. The van der Waals surface area contributed by atoms with Crippen LogP contribution < -0.4 is 0 Å². The van der Waals surface area contributed by atoms with Gasteiger partial charge in [-0.05, 0) is 12.1 Å². The van der Waals surface area contributed by atoms with Crippen LogP contribution in [-0.4, -0.2) is 29.2 Å². The molecule has 2 rings (SSSR count). The Morgan fingerprint density at radius 2 is 2.00 bits per heavy atom. The Labute approximate surface area is 123 Å². The average Bonchev–Trinajstić information content (AvgIpc) is 2.62. The molecule has 2 aromatic heterocycles. The van der Waals surface area contributed by atoms with E-state index in [2.05, 4.69) is 29.6 Å². The molecular weight excluding hydrogens is 301 g/mol. The highest BCUT2D eigenvalue weighted by atomic mass is 35.5. The highest BCUT2D eigenvalue weighted by Crippen LogP contribution is 2.26. The van der Waals surface area contributed by atoms with E-state index in [9.17, 15) is 0 Å². The predicted octanol–water partition coefficient (Wildman–Crippen LogP) is 4.05. The highest BCUT2D eigenvalue weighted by Gasteiger charge is 2.14. The topological polar surface area (TPSA) is 39.9 Å². The first-order valence-electron chi connectivity index (χ1n) is 6.11. The zero-order valence-corrected chi connectivity index (χ0v) is 13.8. The van der Waals surface area contributed by atoms with Gasteiger partial charge < -0.3 is 4.74 Å². The van der Waals surface area contributed by atoms with Gasteiger partial charge in [-0.25, -0.2) is 9.97 Å². The van der Waals surface area contributed by atoms with E-state index in [1.54, 1.807) is 10.6 Å². The first kappa shape index (κ1) is 14.8. The van der Waals surface area contributed by atoms with Crippen LogP contribution in [0.15, 0.2) is 12.4 Å². The Morgan fingerprint density at radius 3 is 2.68 bits per heavy atom. The van der Waals surface area contributed by atoms with E-state index in [4.69, 9.17) is 27.9 Å². The second kappa shape index (κ2) is 5.79. The molecule has 0 aliphatic carbocycles. The molecule has 0 N–H and O–H groups in total. The van der Waals surface area contributed by atoms with Gasteiger partial charge in [-0.3, -0.25) is 4.57 Å². The van der Waals surface area contributed by atoms with E-state index < -0.39 is 8.07 Å². The summed E-state index contributed by atoms with van der Waals surface area (Å²) in [6, 6.07) is 2.89. The Kier molecular flexibility index (Phi) is 4.50. The molecule has 0 unspecified atom stereocenters. The molecule has 19 heavy (non-hydrogen) atoms. The summed E-state index contributed by atoms with van der Waals surface area (Å²) in [7, 11) is -1.07. The Morgan fingerprint density at radius 1 is 1.26 bits per heavy atom. The smallest absolute Gasteiger partial charge is 0.147 e. The fourth-order valence-electron chi connectivity index (χ4n) is 1.66. The molecule has 0 amide bonds. The Bertz CT molecular complexity index is 580. The summed E-state index contributed by atoms with van der Waals surface area (Å²) in [5, 5.41) is 1.72. The van der Waals surface area contributed by atoms with Crippen LogP contribution in [0.2, 0.25) is 36.0 Å². The van der Waals surface area contributed by atoms with Crippen molar-refractivity contribution in [3.05, 3.63) is 22.7 Å². The molecule has 0 bridgehead atoms. The number of hydrogen-bond acceptors (Lipinski definition) is 3. The minimum Gasteiger partial charge on any atom is -0.361 e. The molecule has 0 fully saturated rings. The van der Waals surface area contributed by atoms with Crippen molar-refractivity contribution in [1.82, 2.24) is 14.5 Å². The summed E-state index contributed by atoms with van der Waals surface area (Å²) in [6.07, 6.45) is 1.43. The molecule has 0 aliphatic rings. The highest BCUT2D eigenvalue weighted by molar-refractivity contribution is 6.76. The van der Waals surface area contributed by atoms with Crippen LogP contribution in [0, 0.1) is 0 Å². The van der Waals surface area contributed by atoms with E-state index in [1.165, 1.54) is 6.33 Å². The van der Waals surface area contributed by atoms with Crippen LogP contribution in [0.4, 0.5) is 0 Å². The number of nitrogens with zero attached hydrogens (tertiary/aromatic N) is 3. The molecule has 0 radical (unpaired) electrons. The summed E-state index contributed by atoms with van der Waals surface area (Å²) in [5.74, 6) is 0. The maximum Gasteiger partial charge on any atom is 0.147 e. The van der Waals surface area contributed by atoms with E-state index in [0.29, 0.717) is 22.7 Å². The lowest BCUT2D eigenvalue weighted by atomic mass is 10.4. The van der Waals surface area contributed by atoms with Crippen LogP contribution in [0.3, 0.4) is 0 Å². The fourth-order valence-corrected chi connectivity index (χ4v) is 2.84. The summed E-state index contributed by atoms with van der Waals surface area (Å²) in [5.41, 5.74) is 0.706. The molecule has 0 spiro atoms. The standard InChI is InChI=1S/C12H17Cl2N3OSi/c1-19(2,3)5-4-18-8-17-10(13)6-9-11(14)15-7-16-12(9)17/h6-7H,4-5,8H2,1-3H3. The average molecular weight is 318 g/mol. The Balaban J connectivity index is 2.09. The molecule has 0 aromatic carbocycles. The van der Waals surface area contributed by atoms with Crippen molar-refractivity contribution in [2.45, 2.75) is 32.4 Å². The van der Waals surface area contributed by atoms with Crippen molar-refractivity contribution in [2.24, 2.45) is 0 Å². The monoisotopic (exact) mass is 317 g/mol. The lowest BCUT2D eigenvalue weighted by molar-refractivity contribution is 0.0900. The summed E-state index contributed by atoms with van der Waals surface area (Å²) in [6.45, 7) is 8.09. The minimum atomic E-state index is -1.07. The zero-order chi connectivity index (χ0) is 14.0. The largest absolute Gasteiger partial charge is 0.361 e. The van der Waals surface area contributed by atoms with Gasteiger partial charge in [-0.1, -0.05) is 42.8 Å². The lowest BCUT2D eigenvalue weighted by Crippen LogP contribution is -2.22.